The Morgan fingerprint density at radius 3 is 2.30 bits per heavy atom. The van der Waals surface area contributed by atoms with Crippen molar-refractivity contribution in [2.24, 2.45) is 5.41 Å². The Morgan fingerprint density at radius 2 is 1.78 bits per heavy atom. The molecule has 6 heteroatoms. The van der Waals surface area contributed by atoms with Crippen molar-refractivity contribution in [1.29, 1.82) is 0 Å². The minimum Gasteiger partial charge on any atom is -0.460 e. The highest BCUT2D eigenvalue weighted by Gasteiger charge is 2.48. The molecule has 3 rings (SSSR count). The highest BCUT2D eigenvalue weighted by atomic mass is 16.5. The Morgan fingerprint density at radius 1 is 1.22 bits per heavy atom. The normalized spacial score (nSPS) is 21.8. The van der Waals surface area contributed by atoms with Gasteiger partial charge in [0, 0.05) is 29.9 Å². The van der Waals surface area contributed by atoms with Crippen molar-refractivity contribution >= 4 is 5.91 Å². The largest absolute Gasteiger partial charge is 0.460 e. The van der Waals surface area contributed by atoms with E-state index in [0.717, 1.165) is 24.2 Å². The summed E-state index contributed by atoms with van der Waals surface area (Å²) >= 11 is 0. The first-order chi connectivity index (χ1) is 10.8. The lowest BCUT2D eigenvalue weighted by molar-refractivity contribution is -0.141. The van der Waals surface area contributed by atoms with E-state index in [1.165, 1.54) is 0 Å². The fourth-order valence-electron chi connectivity index (χ4n) is 3.01. The number of carbonyl (C=O) groups is 1. The molecule has 0 bridgehead atoms. The third-order valence-electron chi connectivity index (χ3n) is 4.93. The molecular weight excluding hydrogens is 294 g/mol. The number of nitrogens with zero attached hydrogens (tertiary/aromatic N) is 3. The first-order valence-electron chi connectivity index (χ1n) is 8.27. The maximum atomic E-state index is 12.3. The van der Waals surface area contributed by atoms with Crippen LogP contribution in [0.15, 0.2) is 6.07 Å². The van der Waals surface area contributed by atoms with Crippen LogP contribution in [0.4, 0.5) is 0 Å². The number of aliphatic hydroxyl groups is 1. The van der Waals surface area contributed by atoms with Crippen molar-refractivity contribution < 1.29 is 14.6 Å². The highest BCUT2D eigenvalue weighted by Crippen LogP contribution is 2.47. The molecular formula is C17H25N3O3. The molecule has 23 heavy (non-hydrogen) atoms. The minimum absolute atomic E-state index is 0.140. The molecule has 2 heterocycles. The van der Waals surface area contributed by atoms with Gasteiger partial charge in [-0.15, -0.1) is 0 Å². The van der Waals surface area contributed by atoms with Crippen LogP contribution in [0.2, 0.25) is 0 Å². The van der Waals surface area contributed by atoms with Gasteiger partial charge in [0.15, 0.2) is 0 Å². The number of hydrogen-bond donors (Lipinski definition) is 1. The SMILES string of the molecule is Cc1cc(C)nc(OCC2(O)CCN(C(=O)C3(C)CC3)CC2)n1. The number of aryl methyl sites for hydroxylation is 2. The van der Waals surface area contributed by atoms with Crippen LogP contribution >= 0.6 is 0 Å². The molecule has 1 aliphatic carbocycles. The van der Waals surface area contributed by atoms with Gasteiger partial charge in [-0.1, -0.05) is 6.92 Å². The third kappa shape index (κ3) is 3.63. The maximum absolute atomic E-state index is 12.3. The Kier molecular flexibility index (Phi) is 4.04. The molecule has 1 amide bonds. The fraction of sp³-hybridized carbons (Fsp3) is 0.706. The molecule has 1 saturated heterocycles. The van der Waals surface area contributed by atoms with Gasteiger partial charge in [-0.2, -0.15) is 0 Å². The highest BCUT2D eigenvalue weighted by molar-refractivity contribution is 5.85. The minimum atomic E-state index is -0.914. The lowest BCUT2D eigenvalue weighted by Gasteiger charge is -2.38. The molecule has 1 aliphatic heterocycles. The monoisotopic (exact) mass is 319 g/mol. The summed E-state index contributed by atoms with van der Waals surface area (Å²) in [6.45, 7) is 7.13. The van der Waals surface area contributed by atoms with E-state index in [-0.39, 0.29) is 17.9 Å². The number of amides is 1. The topological polar surface area (TPSA) is 75.6 Å². The van der Waals surface area contributed by atoms with E-state index in [1.807, 2.05) is 31.7 Å². The smallest absolute Gasteiger partial charge is 0.316 e. The number of aromatic nitrogens is 2. The van der Waals surface area contributed by atoms with Gasteiger partial charge in [0.2, 0.25) is 5.91 Å². The van der Waals surface area contributed by atoms with Gasteiger partial charge in [0.25, 0.3) is 0 Å². The molecule has 1 aromatic heterocycles. The van der Waals surface area contributed by atoms with Crippen LogP contribution in [0.5, 0.6) is 6.01 Å². The first kappa shape index (κ1) is 16.2. The van der Waals surface area contributed by atoms with Crippen LogP contribution in [0.3, 0.4) is 0 Å². The Hall–Kier alpha value is -1.69. The van der Waals surface area contributed by atoms with E-state index in [0.29, 0.717) is 31.9 Å². The van der Waals surface area contributed by atoms with Gasteiger partial charge in [-0.3, -0.25) is 4.79 Å². The van der Waals surface area contributed by atoms with E-state index < -0.39 is 5.60 Å². The summed E-state index contributed by atoms with van der Waals surface area (Å²) < 4.78 is 5.61. The maximum Gasteiger partial charge on any atom is 0.316 e. The first-order valence-corrected chi connectivity index (χ1v) is 8.27. The molecule has 0 spiro atoms. The summed E-state index contributed by atoms with van der Waals surface area (Å²) in [6, 6.07) is 2.18. The van der Waals surface area contributed by atoms with E-state index in [1.54, 1.807) is 0 Å². The van der Waals surface area contributed by atoms with Gasteiger partial charge in [0.05, 0.1) is 0 Å². The van der Waals surface area contributed by atoms with Crippen LogP contribution in [0.25, 0.3) is 0 Å². The van der Waals surface area contributed by atoms with E-state index >= 15 is 0 Å². The van der Waals surface area contributed by atoms with Crippen LogP contribution in [0.1, 0.15) is 44.0 Å². The Bertz CT molecular complexity index is 585. The molecule has 1 aromatic rings. The second-order valence-corrected chi connectivity index (χ2v) is 7.30. The van der Waals surface area contributed by atoms with Gasteiger partial charge < -0.3 is 14.7 Å². The predicted octanol–water partition coefficient (Wildman–Crippen LogP) is 1.63. The van der Waals surface area contributed by atoms with Crippen molar-refractivity contribution in [3.05, 3.63) is 17.5 Å². The molecule has 1 saturated carbocycles. The quantitative estimate of drug-likeness (QED) is 0.913. The van der Waals surface area contributed by atoms with Crippen molar-refractivity contribution in [2.75, 3.05) is 19.7 Å². The summed E-state index contributed by atoms with van der Waals surface area (Å²) in [7, 11) is 0. The van der Waals surface area contributed by atoms with E-state index in [4.69, 9.17) is 4.74 Å². The second-order valence-electron chi connectivity index (χ2n) is 7.30. The van der Waals surface area contributed by atoms with Crippen LogP contribution in [-0.2, 0) is 4.79 Å². The molecule has 6 nitrogen and oxygen atoms in total. The number of carbonyl (C=O) groups excluding carboxylic acids is 1. The number of likely N-dealkylation sites (tertiary alicyclic amines) is 1. The average Bonchev–Trinajstić information content (AvgIpc) is 3.24. The second kappa shape index (κ2) is 5.74. The zero-order valence-electron chi connectivity index (χ0n) is 14.1. The van der Waals surface area contributed by atoms with Crippen molar-refractivity contribution in [3.63, 3.8) is 0 Å². The number of ether oxygens (including phenoxy) is 1. The number of rotatable bonds is 4. The van der Waals surface area contributed by atoms with Crippen LogP contribution in [0, 0.1) is 19.3 Å². The summed E-state index contributed by atoms with van der Waals surface area (Å²) in [5, 5.41) is 10.7. The molecule has 0 atom stereocenters. The van der Waals surface area contributed by atoms with E-state index in [9.17, 15) is 9.90 Å². The molecule has 2 fully saturated rings. The Balaban J connectivity index is 1.54. The lowest BCUT2D eigenvalue weighted by Crippen LogP contribution is -2.51. The molecule has 0 aromatic carbocycles. The summed E-state index contributed by atoms with van der Waals surface area (Å²) in [6.07, 6.45) is 3.03. The van der Waals surface area contributed by atoms with Gasteiger partial charge >= 0.3 is 6.01 Å². The van der Waals surface area contributed by atoms with Crippen molar-refractivity contribution in [3.8, 4) is 6.01 Å². The molecule has 1 N–H and O–H groups in total. The molecule has 126 valence electrons. The van der Waals surface area contributed by atoms with Crippen molar-refractivity contribution in [2.45, 2.75) is 52.1 Å². The average molecular weight is 319 g/mol. The molecule has 0 radical (unpaired) electrons. The predicted molar refractivity (Wildman–Crippen MR) is 85.1 cm³/mol. The lowest BCUT2D eigenvalue weighted by atomic mass is 9.91. The summed E-state index contributed by atoms with van der Waals surface area (Å²) in [5.74, 6) is 0.234. The van der Waals surface area contributed by atoms with Gasteiger partial charge in [-0.05, 0) is 45.6 Å². The number of hydrogen-bond acceptors (Lipinski definition) is 5. The standard InChI is InChI=1S/C17H25N3O3/c1-12-10-13(2)19-15(18-12)23-11-17(22)6-8-20(9-7-17)14(21)16(3)4-5-16/h10,22H,4-9,11H2,1-3H3. The van der Waals surface area contributed by atoms with Crippen molar-refractivity contribution in [1.82, 2.24) is 14.9 Å². The molecule has 2 aliphatic rings. The fourth-order valence-corrected chi connectivity index (χ4v) is 3.01. The zero-order chi connectivity index (χ0) is 16.7. The van der Waals surface area contributed by atoms with Crippen LogP contribution < -0.4 is 4.74 Å². The van der Waals surface area contributed by atoms with Gasteiger partial charge in [-0.25, -0.2) is 9.97 Å². The zero-order valence-corrected chi connectivity index (χ0v) is 14.1. The number of piperidine rings is 1. The van der Waals surface area contributed by atoms with E-state index in [2.05, 4.69) is 9.97 Å². The van der Waals surface area contributed by atoms with Crippen LogP contribution in [-0.4, -0.2) is 51.2 Å². The molecule has 0 unspecified atom stereocenters. The summed E-state index contributed by atoms with van der Waals surface area (Å²) in [5.41, 5.74) is 0.636. The third-order valence-corrected chi connectivity index (χ3v) is 4.93. The summed E-state index contributed by atoms with van der Waals surface area (Å²) in [4.78, 5) is 22.7. The van der Waals surface area contributed by atoms with Gasteiger partial charge in [0.1, 0.15) is 12.2 Å². The Labute approximate surface area is 136 Å².